The Morgan fingerprint density at radius 2 is 2.05 bits per heavy atom. The number of carbonyl (C=O) groups excluding carboxylic acids is 1. The second-order valence-corrected chi connectivity index (χ2v) is 3.62. The lowest BCUT2D eigenvalue weighted by Crippen LogP contribution is -2.14. The monoisotopic (exact) mass is 259 g/mol. The predicted molar refractivity (Wildman–Crippen MR) is 63.3 cm³/mol. The summed E-state index contributed by atoms with van der Waals surface area (Å²) in [4.78, 5) is 15.3. The number of nitriles is 1. The van der Waals surface area contributed by atoms with Crippen LogP contribution < -0.4 is 5.32 Å². The molecule has 0 unspecified atom stereocenters. The molecule has 0 radical (unpaired) electrons. The number of amides is 1. The number of aromatic nitrogens is 1. The minimum absolute atomic E-state index is 0.183. The van der Waals surface area contributed by atoms with Gasteiger partial charge < -0.3 is 5.32 Å². The van der Waals surface area contributed by atoms with Crippen LogP contribution in [0.15, 0.2) is 36.7 Å². The number of carbonyl (C=O) groups is 1. The Balaban J connectivity index is 2.25. The molecular formula is C13H7F2N3O. The Kier molecular flexibility index (Phi) is 3.48. The number of nitrogens with one attached hydrogen (secondary N) is 1. The van der Waals surface area contributed by atoms with E-state index < -0.39 is 17.5 Å². The first-order chi connectivity index (χ1) is 9.11. The third kappa shape index (κ3) is 2.72. The van der Waals surface area contributed by atoms with Crippen LogP contribution in [0.4, 0.5) is 14.5 Å². The van der Waals surface area contributed by atoms with E-state index in [1.165, 1.54) is 24.4 Å². The molecule has 0 bridgehead atoms. The lowest BCUT2D eigenvalue weighted by Gasteiger charge is -2.06. The molecule has 2 aromatic rings. The van der Waals surface area contributed by atoms with Gasteiger partial charge in [-0.25, -0.2) is 8.78 Å². The summed E-state index contributed by atoms with van der Waals surface area (Å²) in [6.45, 7) is 0. The van der Waals surface area contributed by atoms with Crippen molar-refractivity contribution < 1.29 is 13.6 Å². The van der Waals surface area contributed by atoms with E-state index in [1.54, 1.807) is 6.07 Å². The van der Waals surface area contributed by atoms with Crippen LogP contribution in [-0.4, -0.2) is 10.9 Å². The lowest BCUT2D eigenvalue weighted by atomic mass is 10.2. The van der Waals surface area contributed by atoms with Crippen LogP contribution in [0.1, 0.15) is 15.9 Å². The van der Waals surface area contributed by atoms with E-state index in [9.17, 15) is 13.6 Å². The second kappa shape index (κ2) is 5.23. The second-order valence-electron chi connectivity index (χ2n) is 3.62. The number of benzene rings is 1. The molecule has 0 aliphatic rings. The fraction of sp³-hybridized carbons (Fsp3) is 0. The highest BCUT2D eigenvalue weighted by Gasteiger charge is 2.12. The average molecular weight is 259 g/mol. The first-order valence-electron chi connectivity index (χ1n) is 5.22. The molecule has 0 saturated carbocycles. The molecule has 0 atom stereocenters. The van der Waals surface area contributed by atoms with Crippen molar-refractivity contribution in [3.05, 3.63) is 59.4 Å². The zero-order valence-electron chi connectivity index (χ0n) is 9.52. The summed E-state index contributed by atoms with van der Waals surface area (Å²) in [5.74, 6) is -2.14. The Morgan fingerprint density at radius 1 is 1.26 bits per heavy atom. The highest BCUT2D eigenvalue weighted by Crippen LogP contribution is 2.15. The number of nitrogens with zero attached hydrogens (tertiary/aromatic N) is 2. The van der Waals surface area contributed by atoms with Crippen LogP contribution in [-0.2, 0) is 0 Å². The molecule has 1 aromatic carbocycles. The Morgan fingerprint density at radius 3 is 2.74 bits per heavy atom. The first kappa shape index (κ1) is 12.6. The molecule has 0 spiro atoms. The molecule has 0 fully saturated rings. The number of rotatable bonds is 2. The van der Waals surface area contributed by atoms with Crippen LogP contribution in [0, 0.1) is 23.0 Å². The van der Waals surface area contributed by atoms with Gasteiger partial charge in [0.25, 0.3) is 5.91 Å². The van der Waals surface area contributed by atoms with E-state index in [4.69, 9.17) is 5.26 Å². The summed E-state index contributed by atoms with van der Waals surface area (Å²) in [7, 11) is 0. The zero-order chi connectivity index (χ0) is 13.8. The van der Waals surface area contributed by atoms with E-state index in [0.29, 0.717) is 0 Å². The predicted octanol–water partition coefficient (Wildman–Crippen LogP) is 2.48. The van der Waals surface area contributed by atoms with E-state index in [1.807, 2.05) is 0 Å². The standard InChI is InChI=1S/C13H7F2N3O/c14-11-2-1-9(5-8(11)6-16)18-13(19)10-3-4-17-7-12(10)15/h1-5,7H,(H,18,19). The van der Waals surface area contributed by atoms with Crippen molar-refractivity contribution in [2.45, 2.75) is 0 Å². The maximum absolute atomic E-state index is 13.3. The molecule has 1 aromatic heterocycles. The first-order valence-corrected chi connectivity index (χ1v) is 5.22. The third-order valence-corrected chi connectivity index (χ3v) is 2.36. The fourth-order valence-electron chi connectivity index (χ4n) is 1.45. The molecule has 1 heterocycles. The maximum Gasteiger partial charge on any atom is 0.258 e. The highest BCUT2D eigenvalue weighted by molar-refractivity contribution is 6.04. The summed E-state index contributed by atoms with van der Waals surface area (Å²) >= 11 is 0. The van der Waals surface area contributed by atoms with Gasteiger partial charge in [-0.3, -0.25) is 9.78 Å². The van der Waals surface area contributed by atoms with Crippen molar-refractivity contribution in [1.82, 2.24) is 4.98 Å². The molecular weight excluding hydrogens is 252 g/mol. The molecule has 1 N–H and O–H groups in total. The van der Waals surface area contributed by atoms with Gasteiger partial charge in [-0.05, 0) is 24.3 Å². The largest absolute Gasteiger partial charge is 0.322 e. The van der Waals surface area contributed by atoms with Crippen LogP contribution in [0.3, 0.4) is 0 Å². The van der Waals surface area contributed by atoms with Crippen molar-refractivity contribution in [3.63, 3.8) is 0 Å². The fourth-order valence-corrected chi connectivity index (χ4v) is 1.45. The van der Waals surface area contributed by atoms with Gasteiger partial charge in [0.05, 0.1) is 17.3 Å². The molecule has 0 saturated heterocycles. The molecule has 0 aliphatic carbocycles. The van der Waals surface area contributed by atoms with E-state index in [0.717, 1.165) is 12.3 Å². The average Bonchev–Trinajstić information content (AvgIpc) is 2.41. The highest BCUT2D eigenvalue weighted by atomic mass is 19.1. The SMILES string of the molecule is N#Cc1cc(NC(=O)c2ccncc2F)ccc1F. The number of halogens is 2. The van der Waals surface area contributed by atoms with E-state index >= 15 is 0 Å². The van der Waals surface area contributed by atoms with E-state index in [-0.39, 0.29) is 16.8 Å². The maximum atomic E-state index is 13.3. The summed E-state index contributed by atoms with van der Waals surface area (Å²) in [6, 6.07) is 6.38. The van der Waals surface area contributed by atoms with Gasteiger partial charge in [-0.15, -0.1) is 0 Å². The van der Waals surface area contributed by atoms with Gasteiger partial charge in [0, 0.05) is 11.9 Å². The summed E-state index contributed by atoms with van der Waals surface area (Å²) in [5, 5.41) is 11.0. The van der Waals surface area contributed by atoms with Gasteiger partial charge in [-0.1, -0.05) is 0 Å². The molecule has 0 aliphatic heterocycles. The van der Waals surface area contributed by atoms with Crippen LogP contribution in [0.5, 0.6) is 0 Å². The minimum Gasteiger partial charge on any atom is -0.322 e. The number of hydrogen-bond acceptors (Lipinski definition) is 3. The van der Waals surface area contributed by atoms with Crippen molar-refractivity contribution in [1.29, 1.82) is 5.26 Å². The van der Waals surface area contributed by atoms with Crippen molar-refractivity contribution in [2.75, 3.05) is 5.32 Å². The van der Waals surface area contributed by atoms with Crippen LogP contribution >= 0.6 is 0 Å². The zero-order valence-corrected chi connectivity index (χ0v) is 9.52. The van der Waals surface area contributed by atoms with Crippen molar-refractivity contribution in [3.8, 4) is 6.07 Å². The molecule has 4 nitrogen and oxygen atoms in total. The number of hydrogen-bond donors (Lipinski definition) is 1. The van der Waals surface area contributed by atoms with Gasteiger partial charge in [0.2, 0.25) is 0 Å². The molecule has 94 valence electrons. The van der Waals surface area contributed by atoms with Gasteiger partial charge in [0.1, 0.15) is 11.9 Å². The lowest BCUT2D eigenvalue weighted by molar-refractivity contribution is 0.102. The third-order valence-electron chi connectivity index (χ3n) is 2.36. The number of anilines is 1. The van der Waals surface area contributed by atoms with Crippen molar-refractivity contribution >= 4 is 11.6 Å². The normalized spacial score (nSPS) is 9.74. The minimum atomic E-state index is -0.761. The van der Waals surface area contributed by atoms with Gasteiger partial charge in [-0.2, -0.15) is 5.26 Å². The Hall–Kier alpha value is -2.81. The van der Waals surface area contributed by atoms with Crippen molar-refractivity contribution in [2.24, 2.45) is 0 Å². The van der Waals surface area contributed by atoms with Crippen LogP contribution in [0.25, 0.3) is 0 Å². The Labute approximate surface area is 107 Å². The quantitative estimate of drug-likeness (QED) is 0.901. The molecule has 6 heteroatoms. The summed E-state index contributed by atoms with van der Waals surface area (Å²) in [5.41, 5.74) is -0.176. The molecule has 19 heavy (non-hydrogen) atoms. The summed E-state index contributed by atoms with van der Waals surface area (Å²) < 4.78 is 26.4. The van der Waals surface area contributed by atoms with Gasteiger partial charge >= 0.3 is 0 Å². The summed E-state index contributed by atoms with van der Waals surface area (Å²) in [6.07, 6.45) is 2.20. The topological polar surface area (TPSA) is 65.8 Å². The molecule has 1 amide bonds. The molecule has 2 rings (SSSR count). The van der Waals surface area contributed by atoms with Gasteiger partial charge in [0.15, 0.2) is 5.82 Å². The van der Waals surface area contributed by atoms with Crippen LogP contribution in [0.2, 0.25) is 0 Å². The Bertz CT molecular complexity index is 680. The smallest absolute Gasteiger partial charge is 0.258 e. The van der Waals surface area contributed by atoms with E-state index in [2.05, 4.69) is 10.3 Å². The number of pyridine rings is 1.